The Kier molecular flexibility index (Phi) is 6.80. The minimum absolute atomic E-state index is 0.0463. The second-order valence-corrected chi connectivity index (χ2v) is 11.1. The van der Waals surface area contributed by atoms with Crippen molar-refractivity contribution in [2.75, 3.05) is 26.3 Å². The molecule has 0 unspecified atom stereocenters. The molecule has 6 nitrogen and oxygen atoms in total. The van der Waals surface area contributed by atoms with Gasteiger partial charge in [-0.3, -0.25) is 14.6 Å². The average Bonchev–Trinajstić information content (AvgIpc) is 2.73. The lowest BCUT2D eigenvalue weighted by molar-refractivity contribution is -0.143. The highest BCUT2D eigenvalue weighted by Crippen LogP contribution is 2.32. The third kappa shape index (κ3) is 5.46. The molecule has 1 aromatic heterocycles. The molecule has 2 aliphatic rings. The van der Waals surface area contributed by atoms with Crippen molar-refractivity contribution < 1.29 is 14.3 Å². The van der Waals surface area contributed by atoms with Gasteiger partial charge in [0.2, 0.25) is 5.91 Å². The molecule has 31 heavy (non-hydrogen) atoms. The third-order valence-corrected chi connectivity index (χ3v) is 6.39. The van der Waals surface area contributed by atoms with Gasteiger partial charge in [-0.05, 0) is 25.0 Å². The van der Waals surface area contributed by atoms with Crippen LogP contribution < -0.4 is 5.32 Å². The molecule has 2 heterocycles. The first kappa shape index (κ1) is 23.7. The Balaban J connectivity index is 1.94. The van der Waals surface area contributed by atoms with Crippen molar-refractivity contribution in [2.24, 2.45) is 0 Å². The first-order valence-corrected chi connectivity index (χ1v) is 11.7. The Labute approximate surface area is 187 Å². The second kappa shape index (κ2) is 8.89. The van der Waals surface area contributed by atoms with E-state index in [9.17, 15) is 9.59 Å². The summed E-state index contributed by atoms with van der Waals surface area (Å²) in [5.41, 5.74) is 1.19. The predicted molar refractivity (Wildman–Crippen MR) is 122 cm³/mol. The molecule has 1 aliphatic carbocycles. The van der Waals surface area contributed by atoms with E-state index in [1.54, 1.807) is 0 Å². The predicted octanol–water partition coefficient (Wildman–Crippen LogP) is 3.97. The Morgan fingerprint density at radius 2 is 1.45 bits per heavy atom. The van der Waals surface area contributed by atoms with Crippen LogP contribution in [0.1, 0.15) is 95.4 Å². The minimum Gasteiger partial charge on any atom is -0.378 e. The van der Waals surface area contributed by atoms with E-state index >= 15 is 0 Å². The van der Waals surface area contributed by atoms with Gasteiger partial charge >= 0.3 is 0 Å². The molecule has 0 atom stereocenters. The topological polar surface area (TPSA) is 71.5 Å². The normalized spacial score (nSPS) is 19.7. The fraction of sp³-hybridized carbons (Fsp3) is 0.720. The van der Waals surface area contributed by atoms with Crippen LogP contribution in [0.3, 0.4) is 0 Å². The van der Waals surface area contributed by atoms with Gasteiger partial charge in [-0.2, -0.15) is 0 Å². The fourth-order valence-electron chi connectivity index (χ4n) is 4.34. The van der Waals surface area contributed by atoms with Gasteiger partial charge < -0.3 is 15.0 Å². The van der Waals surface area contributed by atoms with Gasteiger partial charge in [-0.15, -0.1) is 0 Å². The number of aromatic nitrogens is 1. The van der Waals surface area contributed by atoms with Gasteiger partial charge in [-0.1, -0.05) is 60.8 Å². The molecule has 6 heteroatoms. The molecule has 1 aliphatic heterocycles. The molecule has 1 saturated carbocycles. The van der Waals surface area contributed by atoms with Crippen molar-refractivity contribution >= 4 is 11.8 Å². The third-order valence-electron chi connectivity index (χ3n) is 6.39. The number of carbonyl (C=O) groups excluding carboxylic acids is 2. The molecule has 1 N–H and O–H groups in total. The summed E-state index contributed by atoms with van der Waals surface area (Å²) in [7, 11) is 0. The maximum Gasteiger partial charge on any atom is 0.252 e. The molecule has 0 aromatic carbocycles. The number of hydrogen-bond donors (Lipinski definition) is 1. The Morgan fingerprint density at radius 1 is 0.935 bits per heavy atom. The number of carbonyl (C=O) groups is 2. The largest absolute Gasteiger partial charge is 0.378 e. The fourth-order valence-corrected chi connectivity index (χ4v) is 4.34. The number of morpholine rings is 1. The van der Waals surface area contributed by atoms with Crippen LogP contribution in [0.25, 0.3) is 0 Å². The summed E-state index contributed by atoms with van der Waals surface area (Å²) in [4.78, 5) is 33.8. The second-order valence-electron chi connectivity index (χ2n) is 11.1. The van der Waals surface area contributed by atoms with E-state index in [1.165, 1.54) is 0 Å². The van der Waals surface area contributed by atoms with Crippen LogP contribution in [0.15, 0.2) is 12.1 Å². The van der Waals surface area contributed by atoms with Gasteiger partial charge in [0.1, 0.15) is 5.54 Å². The highest BCUT2D eigenvalue weighted by molar-refractivity contribution is 5.99. The molecular weight excluding hydrogens is 390 g/mol. The lowest BCUT2D eigenvalue weighted by Crippen LogP contribution is -2.62. The summed E-state index contributed by atoms with van der Waals surface area (Å²) in [6.07, 6.45) is 4.39. The van der Waals surface area contributed by atoms with Crippen LogP contribution >= 0.6 is 0 Å². The van der Waals surface area contributed by atoms with Crippen molar-refractivity contribution in [3.63, 3.8) is 0 Å². The van der Waals surface area contributed by atoms with Crippen LogP contribution in [0.4, 0.5) is 0 Å². The van der Waals surface area contributed by atoms with E-state index in [4.69, 9.17) is 9.72 Å². The lowest BCUT2D eigenvalue weighted by Gasteiger charge is -2.41. The van der Waals surface area contributed by atoms with Crippen molar-refractivity contribution in [3.05, 3.63) is 29.1 Å². The zero-order valence-corrected chi connectivity index (χ0v) is 20.1. The van der Waals surface area contributed by atoms with Gasteiger partial charge in [-0.25, -0.2) is 0 Å². The number of pyridine rings is 1. The van der Waals surface area contributed by atoms with Gasteiger partial charge in [0, 0.05) is 40.9 Å². The zero-order chi connectivity index (χ0) is 22.9. The molecule has 0 bridgehead atoms. The first-order chi connectivity index (χ1) is 14.4. The Hall–Kier alpha value is -1.95. The van der Waals surface area contributed by atoms with Gasteiger partial charge in [0.15, 0.2) is 0 Å². The maximum atomic E-state index is 13.5. The highest BCUT2D eigenvalue weighted by atomic mass is 16.5. The van der Waals surface area contributed by atoms with Crippen LogP contribution in [-0.4, -0.2) is 53.5 Å². The van der Waals surface area contributed by atoms with E-state index in [2.05, 4.69) is 46.9 Å². The lowest BCUT2D eigenvalue weighted by atomic mass is 9.80. The summed E-state index contributed by atoms with van der Waals surface area (Å²) in [5.74, 6) is -0.132. The van der Waals surface area contributed by atoms with Crippen LogP contribution in [0.5, 0.6) is 0 Å². The van der Waals surface area contributed by atoms with E-state index in [1.807, 2.05) is 17.0 Å². The molecule has 1 aromatic rings. The smallest absolute Gasteiger partial charge is 0.252 e. The number of nitrogens with zero attached hydrogens (tertiary/aromatic N) is 2. The van der Waals surface area contributed by atoms with Crippen molar-refractivity contribution in [1.82, 2.24) is 15.2 Å². The average molecular weight is 430 g/mol. The Bertz CT molecular complexity index is 776. The molecule has 3 rings (SSSR count). The van der Waals surface area contributed by atoms with E-state index in [0.29, 0.717) is 44.7 Å². The molecule has 2 amide bonds. The number of ether oxygens (including phenoxy) is 1. The molecular formula is C25H39N3O3. The van der Waals surface area contributed by atoms with Gasteiger partial charge in [0.25, 0.3) is 5.91 Å². The van der Waals surface area contributed by atoms with Crippen molar-refractivity contribution in [2.45, 2.75) is 90.0 Å². The van der Waals surface area contributed by atoms with Crippen LogP contribution in [0, 0.1) is 0 Å². The SMILES string of the molecule is CC(C)(C)c1cc(C(=O)NC2(C(=O)N3CCOCC3)CCCCC2)cc(C(C)(C)C)n1. The van der Waals surface area contributed by atoms with E-state index in [-0.39, 0.29) is 22.6 Å². The summed E-state index contributed by atoms with van der Waals surface area (Å²) in [6.45, 7) is 14.9. The minimum atomic E-state index is -0.820. The quantitative estimate of drug-likeness (QED) is 0.789. The van der Waals surface area contributed by atoms with E-state index in [0.717, 1.165) is 30.7 Å². The highest BCUT2D eigenvalue weighted by Gasteiger charge is 2.44. The number of hydrogen-bond acceptors (Lipinski definition) is 4. The molecule has 0 radical (unpaired) electrons. The van der Waals surface area contributed by atoms with E-state index < -0.39 is 5.54 Å². The molecule has 172 valence electrons. The standard InChI is InChI=1S/C25H39N3O3/c1-23(2,3)19-16-18(17-20(26-19)24(4,5)6)21(29)27-25(10-8-7-9-11-25)22(30)28-12-14-31-15-13-28/h16-17H,7-15H2,1-6H3,(H,27,29). The first-order valence-electron chi connectivity index (χ1n) is 11.7. The molecule has 2 fully saturated rings. The van der Waals surface area contributed by atoms with Crippen LogP contribution in [0.2, 0.25) is 0 Å². The number of nitrogens with one attached hydrogen (secondary N) is 1. The summed E-state index contributed by atoms with van der Waals surface area (Å²) in [5, 5.41) is 3.20. The monoisotopic (exact) mass is 429 g/mol. The number of amides is 2. The summed E-state index contributed by atoms with van der Waals surface area (Å²) >= 11 is 0. The number of rotatable bonds is 3. The maximum absolute atomic E-state index is 13.5. The van der Waals surface area contributed by atoms with Gasteiger partial charge in [0.05, 0.1) is 13.2 Å². The Morgan fingerprint density at radius 3 is 1.94 bits per heavy atom. The summed E-state index contributed by atoms with van der Waals surface area (Å²) in [6, 6.07) is 3.78. The zero-order valence-electron chi connectivity index (χ0n) is 20.1. The molecule has 0 spiro atoms. The van der Waals surface area contributed by atoms with Crippen LogP contribution in [-0.2, 0) is 20.4 Å². The molecule has 1 saturated heterocycles. The van der Waals surface area contributed by atoms with Crippen molar-refractivity contribution in [3.8, 4) is 0 Å². The van der Waals surface area contributed by atoms with Crippen molar-refractivity contribution in [1.29, 1.82) is 0 Å². The summed E-state index contributed by atoms with van der Waals surface area (Å²) < 4.78 is 5.42.